The first-order chi connectivity index (χ1) is 8.49. The first-order valence-electron chi connectivity index (χ1n) is 4.80. The highest BCUT2D eigenvalue weighted by molar-refractivity contribution is 9.10. The van der Waals surface area contributed by atoms with E-state index in [2.05, 4.69) is 21.0 Å². The van der Waals surface area contributed by atoms with Crippen molar-refractivity contribution >= 4 is 28.1 Å². The van der Waals surface area contributed by atoms with Gasteiger partial charge in [0.05, 0.1) is 24.9 Å². The van der Waals surface area contributed by atoms with E-state index in [4.69, 9.17) is 20.9 Å². The molecule has 0 spiro atoms. The number of hydrogen-bond acceptors (Lipinski definition) is 4. The second-order valence-corrected chi connectivity index (χ2v) is 4.03. The van der Waals surface area contributed by atoms with Crippen molar-refractivity contribution in [1.29, 1.82) is 0 Å². The van der Waals surface area contributed by atoms with Gasteiger partial charge in [-0.3, -0.25) is 11.5 Å². The summed E-state index contributed by atoms with van der Waals surface area (Å²) >= 11 is 3.32. The van der Waals surface area contributed by atoms with Crippen LogP contribution in [0.3, 0.4) is 0 Å². The van der Waals surface area contributed by atoms with Crippen LogP contribution in [-0.4, -0.2) is 31.2 Å². The van der Waals surface area contributed by atoms with Crippen LogP contribution in [0.5, 0.6) is 11.5 Å². The fourth-order valence-electron chi connectivity index (χ4n) is 1.17. The Morgan fingerprint density at radius 3 is 2.44 bits per heavy atom. The van der Waals surface area contributed by atoms with Gasteiger partial charge in [0.15, 0.2) is 0 Å². The number of guanidine groups is 1. The van der Waals surface area contributed by atoms with E-state index in [0.717, 1.165) is 0 Å². The lowest BCUT2D eigenvalue weighted by Crippen LogP contribution is -2.30. The van der Waals surface area contributed by atoms with Crippen LogP contribution in [0.2, 0.25) is 0 Å². The van der Waals surface area contributed by atoms with Gasteiger partial charge in [-0.05, 0) is 22.0 Å². The molecule has 0 saturated heterocycles. The highest BCUT2D eigenvalue weighted by atomic mass is 79.9. The van der Waals surface area contributed by atoms with Crippen molar-refractivity contribution < 1.29 is 14.3 Å². The van der Waals surface area contributed by atoms with Gasteiger partial charge >= 0.3 is 5.96 Å². The molecular weight excluding hydrogens is 304 g/mol. The number of methoxy groups -OCH3 is 2. The second kappa shape index (κ2) is 6.10. The van der Waals surface area contributed by atoms with Gasteiger partial charge in [-0.25, -0.2) is 0 Å². The Bertz CT molecular complexity index is 498. The fourth-order valence-corrected chi connectivity index (χ4v) is 1.69. The summed E-state index contributed by atoms with van der Waals surface area (Å²) in [7, 11) is 3.04. The second-order valence-electron chi connectivity index (χ2n) is 3.17. The van der Waals surface area contributed by atoms with Crippen molar-refractivity contribution in [3.63, 3.8) is 0 Å². The van der Waals surface area contributed by atoms with Gasteiger partial charge in [-0.15, -0.1) is 9.95 Å². The molecule has 0 radical (unpaired) electrons. The Morgan fingerprint density at radius 2 is 1.94 bits per heavy atom. The standard InChI is InChI=1S/C10H13BrN4O3/c1-17-8-4-9(18-2)7(11)3-6(8)5-14-15(16)10(12)13/h3-5H,12-13H2,1-2H3. The predicted octanol–water partition coefficient (Wildman–Crippen LogP) is 0.584. The maximum Gasteiger partial charge on any atom is 0.366 e. The number of benzene rings is 1. The third kappa shape index (κ3) is 3.27. The summed E-state index contributed by atoms with van der Waals surface area (Å²) in [6.45, 7) is 0. The Balaban J connectivity index is 3.17. The van der Waals surface area contributed by atoms with E-state index in [-0.39, 0.29) is 4.85 Å². The first-order valence-corrected chi connectivity index (χ1v) is 5.59. The van der Waals surface area contributed by atoms with Crippen LogP contribution in [0.4, 0.5) is 0 Å². The number of nitrogens with zero attached hydrogens (tertiary/aromatic N) is 2. The molecule has 7 nitrogen and oxygen atoms in total. The maximum absolute atomic E-state index is 11.1. The van der Waals surface area contributed by atoms with Crippen LogP contribution >= 0.6 is 15.9 Å². The molecule has 1 aromatic rings. The molecule has 98 valence electrons. The van der Waals surface area contributed by atoms with E-state index in [9.17, 15) is 5.21 Å². The molecule has 0 fully saturated rings. The van der Waals surface area contributed by atoms with Crippen LogP contribution in [-0.2, 0) is 0 Å². The molecule has 0 aliphatic carbocycles. The molecule has 0 amide bonds. The largest absolute Gasteiger partial charge is 0.722 e. The molecule has 4 N–H and O–H groups in total. The van der Waals surface area contributed by atoms with Gasteiger partial charge in [-0.2, -0.15) is 0 Å². The van der Waals surface area contributed by atoms with Crippen molar-refractivity contribution in [1.82, 2.24) is 0 Å². The quantitative estimate of drug-likeness (QED) is 0.278. The molecule has 0 bridgehead atoms. The van der Waals surface area contributed by atoms with E-state index in [1.54, 1.807) is 12.1 Å². The molecule has 0 saturated carbocycles. The van der Waals surface area contributed by atoms with Crippen molar-refractivity contribution in [3.05, 3.63) is 27.4 Å². The topological polar surface area (TPSA) is 109 Å². The van der Waals surface area contributed by atoms with E-state index in [1.807, 2.05) is 0 Å². The lowest BCUT2D eigenvalue weighted by molar-refractivity contribution is -0.463. The normalized spacial score (nSPS) is 10.4. The van der Waals surface area contributed by atoms with Crippen LogP contribution in [0, 0.1) is 5.21 Å². The SMILES string of the molecule is COc1cc(OC)c(C=N[N+]([O-])=C(N)N)cc1Br. The Kier molecular flexibility index (Phi) is 4.78. The summed E-state index contributed by atoms with van der Waals surface area (Å²) in [6.07, 6.45) is 1.29. The van der Waals surface area contributed by atoms with Gasteiger partial charge in [0.25, 0.3) is 0 Å². The minimum Gasteiger partial charge on any atom is -0.722 e. The third-order valence-electron chi connectivity index (χ3n) is 2.03. The zero-order valence-electron chi connectivity index (χ0n) is 9.88. The van der Waals surface area contributed by atoms with E-state index in [1.165, 1.54) is 20.4 Å². The molecule has 0 atom stereocenters. The van der Waals surface area contributed by atoms with Crippen molar-refractivity contribution in [2.75, 3.05) is 14.2 Å². The number of ether oxygens (including phenoxy) is 2. The Hall–Kier alpha value is -1.96. The summed E-state index contributed by atoms with van der Waals surface area (Å²) in [5.41, 5.74) is 10.7. The van der Waals surface area contributed by atoms with Gasteiger partial charge in [-0.1, -0.05) is 0 Å². The average Bonchev–Trinajstić information content (AvgIpc) is 2.35. The zero-order valence-corrected chi connectivity index (χ0v) is 11.5. The molecule has 0 aliphatic rings. The molecule has 0 aliphatic heterocycles. The van der Waals surface area contributed by atoms with Gasteiger partial charge in [0, 0.05) is 11.6 Å². The monoisotopic (exact) mass is 316 g/mol. The summed E-state index contributed by atoms with van der Waals surface area (Å²) in [5, 5.41) is 14.6. The van der Waals surface area contributed by atoms with E-state index >= 15 is 0 Å². The van der Waals surface area contributed by atoms with Gasteiger partial charge in [0.2, 0.25) is 0 Å². The molecule has 0 unspecified atom stereocenters. The summed E-state index contributed by atoms with van der Waals surface area (Å²) in [5.74, 6) is 0.661. The zero-order chi connectivity index (χ0) is 13.7. The number of rotatable bonds is 4. The van der Waals surface area contributed by atoms with Crippen molar-refractivity contribution in [3.8, 4) is 11.5 Å². The third-order valence-corrected chi connectivity index (χ3v) is 2.65. The fraction of sp³-hybridized carbons (Fsp3) is 0.200. The van der Waals surface area contributed by atoms with Crippen molar-refractivity contribution in [2.24, 2.45) is 16.6 Å². The van der Waals surface area contributed by atoms with E-state index in [0.29, 0.717) is 21.5 Å². The van der Waals surface area contributed by atoms with Crippen LogP contribution < -0.4 is 20.9 Å². The van der Waals surface area contributed by atoms with Crippen LogP contribution in [0.1, 0.15) is 5.56 Å². The van der Waals surface area contributed by atoms with Crippen molar-refractivity contribution in [2.45, 2.75) is 0 Å². The maximum atomic E-state index is 11.1. The minimum absolute atomic E-state index is 0.109. The van der Waals surface area contributed by atoms with Gasteiger partial charge < -0.3 is 14.7 Å². The molecular formula is C10H13BrN4O3. The molecule has 1 rings (SSSR count). The molecule has 0 heterocycles. The Morgan fingerprint density at radius 1 is 1.33 bits per heavy atom. The molecule has 8 heteroatoms. The average molecular weight is 317 g/mol. The van der Waals surface area contributed by atoms with Gasteiger partial charge in [0.1, 0.15) is 11.5 Å². The summed E-state index contributed by atoms with van der Waals surface area (Å²) < 4.78 is 11.0. The number of hydrazone groups is 1. The summed E-state index contributed by atoms with van der Waals surface area (Å²) in [4.78, 5) is 0.109. The highest BCUT2D eigenvalue weighted by Crippen LogP contribution is 2.31. The lowest BCUT2D eigenvalue weighted by atomic mass is 10.2. The Labute approximate surface area is 112 Å². The van der Waals surface area contributed by atoms with Crippen LogP contribution in [0.25, 0.3) is 0 Å². The smallest absolute Gasteiger partial charge is 0.366 e. The highest BCUT2D eigenvalue weighted by Gasteiger charge is 2.08. The molecule has 0 aromatic heterocycles. The van der Waals surface area contributed by atoms with E-state index < -0.39 is 5.96 Å². The minimum atomic E-state index is -0.446. The molecule has 1 aromatic carbocycles. The number of halogens is 1. The number of nitrogens with two attached hydrogens (primary N) is 2. The molecule has 18 heavy (non-hydrogen) atoms. The summed E-state index contributed by atoms with van der Waals surface area (Å²) in [6, 6.07) is 3.36. The van der Waals surface area contributed by atoms with Crippen LogP contribution in [0.15, 0.2) is 21.7 Å². The predicted molar refractivity (Wildman–Crippen MR) is 71.8 cm³/mol. The number of hydrogen-bond donors (Lipinski definition) is 2. The first kappa shape index (κ1) is 14.1. The lowest BCUT2D eigenvalue weighted by Gasteiger charge is -2.09.